The van der Waals surface area contributed by atoms with Gasteiger partial charge in [-0.3, -0.25) is 4.79 Å². The average molecular weight is 428 g/mol. The summed E-state index contributed by atoms with van der Waals surface area (Å²) in [5.74, 6) is 0.650. The van der Waals surface area contributed by atoms with Crippen molar-refractivity contribution in [3.8, 4) is 16.9 Å². The van der Waals surface area contributed by atoms with E-state index in [1.165, 1.54) is 0 Å². The van der Waals surface area contributed by atoms with Gasteiger partial charge in [0.25, 0.3) is 0 Å². The van der Waals surface area contributed by atoms with Crippen molar-refractivity contribution in [2.75, 3.05) is 20.7 Å². The number of halogens is 1. The molecule has 0 saturated heterocycles. The maximum atomic E-state index is 12.1. The van der Waals surface area contributed by atoms with E-state index in [0.29, 0.717) is 12.4 Å². The molecule has 0 spiro atoms. The number of carbonyl (C=O) groups excluding carboxylic acids is 1. The smallest absolute Gasteiger partial charge is 0.246 e. The van der Waals surface area contributed by atoms with Crippen LogP contribution in [0.25, 0.3) is 27.7 Å². The molecular formula is C22H22BrNO3. The summed E-state index contributed by atoms with van der Waals surface area (Å²) in [5, 5.41) is 0.987. The van der Waals surface area contributed by atoms with Crippen LogP contribution >= 0.6 is 15.9 Å². The van der Waals surface area contributed by atoms with Gasteiger partial charge in [0.05, 0.1) is 12.9 Å². The molecule has 0 atom stereocenters. The molecule has 0 saturated carbocycles. The minimum absolute atomic E-state index is 0.0598. The van der Waals surface area contributed by atoms with Crippen molar-refractivity contribution in [3.63, 3.8) is 0 Å². The largest absolute Gasteiger partial charge is 0.493 e. The van der Waals surface area contributed by atoms with E-state index < -0.39 is 0 Å². The quantitative estimate of drug-likeness (QED) is 0.486. The van der Waals surface area contributed by atoms with E-state index >= 15 is 0 Å². The van der Waals surface area contributed by atoms with Gasteiger partial charge in [-0.1, -0.05) is 28.1 Å². The number of benzene rings is 2. The number of allylic oxidation sites excluding steroid dienone is 1. The molecule has 3 rings (SSSR count). The topological polar surface area (TPSA) is 42.7 Å². The number of nitrogens with zero attached hydrogens (tertiary/aromatic N) is 1. The Labute approximate surface area is 167 Å². The Morgan fingerprint density at radius 3 is 2.56 bits per heavy atom. The number of fused-ring (bicyclic) bond motifs is 1. The highest BCUT2D eigenvalue weighted by molar-refractivity contribution is 9.10. The minimum atomic E-state index is -0.0598. The van der Waals surface area contributed by atoms with Crippen LogP contribution in [0.5, 0.6) is 5.75 Å². The maximum absolute atomic E-state index is 12.1. The SMILES string of the molecule is CCOc1cc2occ(-c3ccc(Br)cc3)c2cc1/C(C)=C/C(=O)N(C)C. The lowest BCUT2D eigenvalue weighted by atomic mass is 9.99. The van der Waals surface area contributed by atoms with E-state index in [4.69, 9.17) is 9.15 Å². The van der Waals surface area contributed by atoms with Crippen LogP contribution in [0.15, 0.2) is 57.6 Å². The van der Waals surface area contributed by atoms with Crippen LogP contribution in [-0.4, -0.2) is 31.5 Å². The molecule has 0 aliphatic rings. The standard InChI is InChI=1S/C22H22BrNO3/c1-5-26-20-12-21-18(11-17(20)14(2)10-22(25)24(3)4)19(13-27-21)15-6-8-16(23)9-7-15/h6-13H,5H2,1-4H3/b14-10+. The van der Waals surface area contributed by atoms with Crippen molar-refractivity contribution in [1.82, 2.24) is 4.90 Å². The third-order valence-electron chi connectivity index (χ3n) is 4.34. The van der Waals surface area contributed by atoms with Crippen LogP contribution in [-0.2, 0) is 4.79 Å². The first-order chi connectivity index (χ1) is 12.9. The molecule has 0 unspecified atom stereocenters. The maximum Gasteiger partial charge on any atom is 0.246 e. The van der Waals surface area contributed by atoms with Crippen LogP contribution in [0, 0.1) is 0 Å². The first kappa shape index (κ1) is 19.2. The lowest BCUT2D eigenvalue weighted by Gasteiger charge is -2.13. The van der Waals surface area contributed by atoms with E-state index in [9.17, 15) is 4.79 Å². The summed E-state index contributed by atoms with van der Waals surface area (Å²) < 4.78 is 12.6. The molecule has 0 radical (unpaired) electrons. The number of ether oxygens (including phenoxy) is 1. The van der Waals surface area contributed by atoms with E-state index in [1.54, 1.807) is 31.3 Å². The summed E-state index contributed by atoms with van der Waals surface area (Å²) in [7, 11) is 3.47. The van der Waals surface area contributed by atoms with Gasteiger partial charge in [0, 0.05) is 47.2 Å². The van der Waals surface area contributed by atoms with Crippen LogP contribution in [0.3, 0.4) is 0 Å². The van der Waals surface area contributed by atoms with Crippen molar-refractivity contribution in [1.29, 1.82) is 0 Å². The van der Waals surface area contributed by atoms with E-state index in [-0.39, 0.29) is 5.91 Å². The molecule has 1 heterocycles. The van der Waals surface area contributed by atoms with Gasteiger partial charge < -0.3 is 14.1 Å². The van der Waals surface area contributed by atoms with E-state index in [0.717, 1.165) is 37.7 Å². The summed E-state index contributed by atoms with van der Waals surface area (Å²) >= 11 is 3.47. The van der Waals surface area contributed by atoms with Crippen molar-refractivity contribution in [2.45, 2.75) is 13.8 Å². The van der Waals surface area contributed by atoms with Gasteiger partial charge in [-0.25, -0.2) is 0 Å². The van der Waals surface area contributed by atoms with Gasteiger partial charge in [0.1, 0.15) is 11.3 Å². The molecule has 5 heteroatoms. The molecule has 0 aliphatic heterocycles. The van der Waals surface area contributed by atoms with Crippen molar-refractivity contribution < 1.29 is 13.9 Å². The zero-order valence-electron chi connectivity index (χ0n) is 15.9. The average Bonchev–Trinajstić information content (AvgIpc) is 3.04. The number of furan rings is 1. The van der Waals surface area contributed by atoms with Crippen molar-refractivity contribution >= 4 is 38.4 Å². The molecule has 0 aliphatic carbocycles. The van der Waals surface area contributed by atoms with Gasteiger partial charge in [-0.2, -0.15) is 0 Å². The number of rotatable bonds is 5. The Kier molecular flexibility index (Phi) is 5.71. The lowest BCUT2D eigenvalue weighted by molar-refractivity contribution is -0.123. The number of carbonyl (C=O) groups is 1. The van der Waals surface area contributed by atoms with Crippen LogP contribution in [0.4, 0.5) is 0 Å². The predicted molar refractivity (Wildman–Crippen MR) is 113 cm³/mol. The minimum Gasteiger partial charge on any atom is -0.493 e. The second-order valence-electron chi connectivity index (χ2n) is 6.49. The zero-order valence-corrected chi connectivity index (χ0v) is 17.5. The highest BCUT2D eigenvalue weighted by atomic mass is 79.9. The Morgan fingerprint density at radius 2 is 1.93 bits per heavy atom. The van der Waals surface area contributed by atoms with E-state index in [2.05, 4.69) is 15.9 Å². The fraction of sp³-hybridized carbons (Fsp3) is 0.227. The summed E-state index contributed by atoms with van der Waals surface area (Å²) in [5.41, 5.74) is 4.57. The molecule has 140 valence electrons. The van der Waals surface area contributed by atoms with Gasteiger partial charge >= 0.3 is 0 Å². The molecule has 0 N–H and O–H groups in total. The Morgan fingerprint density at radius 1 is 1.22 bits per heavy atom. The number of amides is 1. The summed E-state index contributed by atoms with van der Waals surface area (Å²) in [6.45, 7) is 4.39. The molecule has 0 fully saturated rings. The molecule has 4 nitrogen and oxygen atoms in total. The molecule has 0 bridgehead atoms. The summed E-state index contributed by atoms with van der Waals surface area (Å²) in [4.78, 5) is 13.7. The molecular weight excluding hydrogens is 406 g/mol. The Balaban J connectivity index is 2.16. The molecule has 1 amide bonds. The molecule has 1 aromatic heterocycles. The highest BCUT2D eigenvalue weighted by Crippen LogP contribution is 2.37. The first-order valence-corrected chi connectivity index (χ1v) is 9.54. The lowest BCUT2D eigenvalue weighted by Crippen LogP contribution is -2.19. The van der Waals surface area contributed by atoms with Gasteiger partial charge in [-0.05, 0) is 43.2 Å². The summed E-state index contributed by atoms with van der Waals surface area (Å²) in [6, 6.07) is 12.0. The first-order valence-electron chi connectivity index (χ1n) is 8.74. The Bertz CT molecular complexity index is 1000. The molecule has 2 aromatic carbocycles. The van der Waals surface area contributed by atoms with Crippen LogP contribution in [0.2, 0.25) is 0 Å². The van der Waals surface area contributed by atoms with Gasteiger partial charge in [0.15, 0.2) is 0 Å². The normalized spacial score (nSPS) is 11.7. The zero-order chi connectivity index (χ0) is 19.6. The monoisotopic (exact) mass is 427 g/mol. The predicted octanol–water partition coefficient (Wildman–Crippen LogP) is 5.75. The summed E-state index contributed by atoms with van der Waals surface area (Å²) in [6.07, 6.45) is 3.39. The molecule has 27 heavy (non-hydrogen) atoms. The van der Waals surface area contributed by atoms with Crippen LogP contribution in [0.1, 0.15) is 19.4 Å². The molecule has 3 aromatic rings. The highest BCUT2D eigenvalue weighted by Gasteiger charge is 2.15. The Hall–Kier alpha value is -2.53. The second kappa shape index (κ2) is 8.01. The van der Waals surface area contributed by atoms with Gasteiger partial charge in [-0.15, -0.1) is 0 Å². The van der Waals surface area contributed by atoms with Crippen molar-refractivity contribution in [2.24, 2.45) is 0 Å². The number of hydrogen-bond donors (Lipinski definition) is 0. The van der Waals surface area contributed by atoms with Crippen LogP contribution < -0.4 is 4.74 Å². The van der Waals surface area contributed by atoms with Crippen molar-refractivity contribution in [3.05, 3.63) is 58.8 Å². The van der Waals surface area contributed by atoms with Gasteiger partial charge in [0.2, 0.25) is 5.91 Å². The number of hydrogen-bond acceptors (Lipinski definition) is 3. The third kappa shape index (κ3) is 4.08. The second-order valence-corrected chi connectivity index (χ2v) is 7.41. The third-order valence-corrected chi connectivity index (χ3v) is 4.87. The fourth-order valence-electron chi connectivity index (χ4n) is 2.88. The fourth-order valence-corrected chi connectivity index (χ4v) is 3.15. The number of likely N-dealkylation sites (N-methyl/N-ethyl adjacent to an activating group) is 1. The van der Waals surface area contributed by atoms with E-state index in [1.807, 2.05) is 50.2 Å².